The summed E-state index contributed by atoms with van der Waals surface area (Å²) in [7, 11) is -3.45. The Labute approximate surface area is 137 Å². The molecule has 3 rings (SSSR count). The van der Waals surface area contributed by atoms with Crippen LogP contribution in [-0.2, 0) is 16.6 Å². The summed E-state index contributed by atoms with van der Waals surface area (Å²) in [5, 5.41) is 4.54. The summed E-state index contributed by atoms with van der Waals surface area (Å²) in [5.74, 6) is 0. The van der Waals surface area contributed by atoms with E-state index in [1.165, 1.54) is 22.7 Å². The average Bonchev–Trinajstić information content (AvgIpc) is 3.18. The number of hydrogen-bond acceptors (Lipinski definition) is 5. The fraction of sp³-hybridized carbons (Fsp3) is 0.133. The summed E-state index contributed by atoms with van der Waals surface area (Å²) in [6, 6.07) is 11.3. The van der Waals surface area contributed by atoms with E-state index < -0.39 is 10.0 Å². The molecule has 0 atom stereocenters. The van der Waals surface area contributed by atoms with E-state index in [1.807, 2.05) is 36.6 Å². The molecule has 0 fully saturated rings. The summed E-state index contributed by atoms with van der Waals surface area (Å²) >= 11 is 2.72. The maximum absolute atomic E-state index is 12.1. The first-order valence-corrected chi connectivity index (χ1v) is 9.84. The predicted octanol–water partition coefficient (Wildman–Crippen LogP) is 3.66. The Hall–Kier alpha value is -1.54. The summed E-state index contributed by atoms with van der Waals surface area (Å²) in [6.07, 6.45) is 0. The molecule has 0 amide bonds. The molecule has 0 aliphatic carbocycles. The van der Waals surface area contributed by atoms with Crippen molar-refractivity contribution in [1.29, 1.82) is 0 Å². The molecule has 114 valence electrons. The van der Waals surface area contributed by atoms with Crippen molar-refractivity contribution >= 4 is 32.7 Å². The van der Waals surface area contributed by atoms with Gasteiger partial charge in [0, 0.05) is 10.9 Å². The topological polar surface area (TPSA) is 59.1 Å². The number of benzene rings is 1. The number of nitrogens with zero attached hydrogens (tertiary/aromatic N) is 1. The van der Waals surface area contributed by atoms with Crippen LogP contribution < -0.4 is 4.72 Å². The van der Waals surface area contributed by atoms with Gasteiger partial charge in [0.2, 0.25) is 10.0 Å². The van der Waals surface area contributed by atoms with Crippen LogP contribution in [0.4, 0.5) is 0 Å². The van der Waals surface area contributed by atoms with Gasteiger partial charge >= 0.3 is 0 Å². The number of sulfonamides is 1. The summed E-state index contributed by atoms with van der Waals surface area (Å²) in [4.78, 5) is 4.52. The van der Waals surface area contributed by atoms with Crippen LogP contribution >= 0.6 is 22.7 Å². The minimum atomic E-state index is -3.45. The number of nitrogens with one attached hydrogen (secondary N) is 1. The third-order valence-corrected chi connectivity index (χ3v) is 6.85. The molecule has 2 heterocycles. The summed E-state index contributed by atoms with van der Waals surface area (Å²) < 4.78 is 27.0. The highest BCUT2D eigenvalue weighted by molar-refractivity contribution is 7.91. The lowest BCUT2D eigenvalue weighted by Crippen LogP contribution is -2.22. The van der Waals surface area contributed by atoms with E-state index in [0.717, 1.165) is 21.8 Å². The zero-order valence-electron chi connectivity index (χ0n) is 11.8. The van der Waals surface area contributed by atoms with E-state index in [-0.39, 0.29) is 6.54 Å². The van der Waals surface area contributed by atoms with Crippen LogP contribution in [0.15, 0.2) is 51.4 Å². The van der Waals surface area contributed by atoms with Gasteiger partial charge in [-0.15, -0.1) is 22.7 Å². The first-order chi connectivity index (χ1) is 10.6. The van der Waals surface area contributed by atoms with Gasteiger partial charge in [0.15, 0.2) is 0 Å². The van der Waals surface area contributed by atoms with Crippen molar-refractivity contribution in [2.24, 2.45) is 0 Å². The van der Waals surface area contributed by atoms with Crippen LogP contribution in [-0.4, -0.2) is 13.4 Å². The molecule has 0 saturated heterocycles. The van der Waals surface area contributed by atoms with Gasteiger partial charge in [-0.3, -0.25) is 0 Å². The fourth-order valence-corrected chi connectivity index (χ4v) is 4.93. The monoisotopic (exact) mass is 350 g/mol. The third-order valence-electron chi connectivity index (χ3n) is 3.13. The Bertz CT molecular complexity index is 868. The van der Waals surface area contributed by atoms with Gasteiger partial charge in [-0.05, 0) is 23.9 Å². The lowest BCUT2D eigenvalue weighted by atomic mass is 10.1. The molecule has 0 saturated carbocycles. The minimum Gasteiger partial charge on any atom is -0.240 e. The van der Waals surface area contributed by atoms with Crippen LogP contribution in [0.2, 0.25) is 0 Å². The molecule has 4 nitrogen and oxygen atoms in total. The molecule has 0 spiro atoms. The Morgan fingerprint density at radius 3 is 2.68 bits per heavy atom. The molecule has 2 aromatic heterocycles. The van der Waals surface area contributed by atoms with E-state index in [9.17, 15) is 8.42 Å². The van der Waals surface area contributed by atoms with Gasteiger partial charge in [-0.1, -0.05) is 30.3 Å². The molecule has 22 heavy (non-hydrogen) atoms. The molecule has 1 aromatic carbocycles. The van der Waals surface area contributed by atoms with E-state index in [1.54, 1.807) is 17.5 Å². The van der Waals surface area contributed by atoms with Crippen LogP contribution in [0.25, 0.3) is 10.6 Å². The largest absolute Gasteiger partial charge is 0.250 e. The normalized spacial score (nSPS) is 11.7. The van der Waals surface area contributed by atoms with Crippen molar-refractivity contribution in [3.8, 4) is 10.6 Å². The number of rotatable bonds is 5. The molecular formula is C15H14N2O2S3. The summed E-state index contributed by atoms with van der Waals surface area (Å²) in [5.41, 5.74) is 2.96. The molecule has 0 bridgehead atoms. The van der Waals surface area contributed by atoms with Crippen LogP contribution in [0.5, 0.6) is 0 Å². The molecule has 1 N–H and O–H groups in total. The van der Waals surface area contributed by atoms with Gasteiger partial charge in [0.25, 0.3) is 0 Å². The molecule has 0 aliphatic heterocycles. The molecule has 0 aliphatic rings. The maximum atomic E-state index is 12.1. The molecule has 7 heteroatoms. The predicted molar refractivity (Wildman–Crippen MR) is 90.6 cm³/mol. The van der Waals surface area contributed by atoms with Crippen molar-refractivity contribution in [3.05, 3.63) is 58.4 Å². The molecule has 3 aromatic rings. The minimum absolute atomic E-state index is 0.197. The zero-order valence-corrected chi connectivity index (χ0v) is 14.3. The van der Waals surface area contributed by atoms with Gasteiger partial charge in [-0.25, -0.2) is 18.1 Å². The first kappa shape index (κ1) is 15.4. The lowest BCUT2D eigenvalue weighted by molar-refractivity contribution is 0.583. The number of aryl methyl sites for hydroxylation is 1. The van der Waals surface area contributed by atoms with Gasteiger partial charge in [0.05, 0.1) is 12.2 Å². The number of hydrogen-bond donors (Lipinski definition) is 1. The first-order valence-electron chi connectivity index (χ1n) is 6.60. The average molecular weight is 350 g/mol. The maximum Gasteiger partial charge on any atom is 0.250 e. The molecular weight excluding hydrogens is 336 g/mol. The highest BCUT2D eigenvalue weighted by Gasteiger charge is 2.15. The highest BCUT2D eigenvalue weighted by atomic mass is 32.2. The SMILES string of the molecule is Cc1ccccc1-c1nc(CNS(=O)(=O)c2cccs2)cs1. The number of thiophene rings is 1. The van der Waals surface area contributed by atoms with E-state index in [0.29, 0.717) is 4.21 Å². The van der Waals surface area contributed by atoms with Crippen molar-refractivity contribution < 1.29 is 8.42 Å². The Kier molecular flexibility index (Phi) is 4.39. The van der Waals surface area contributed by atoms with Crippen LogP contribution in [0.1, 0.15) is 11.3 Å². The quantitative estimate of drug-likeness (QED) is 0.764. The van der Waals surface area contributed by atoms with Crippen LogP contribution in [0, 0.1) is 6.92 Å². The second-order valence-electron chi connectivity index (χ2n) is 4.72. The molecule has 0 unspecified atom stereocenters. The van der Waals surface area contributed by atoms with E-state index in [2.05, 4.69) is 9.71 Å². The highest BCUT2D eigenvalue weighted by Crippen LogP contribution is 2.26. The molecule has 0 radical (unpaired) electrons. The number of thiazole rings is 1. The lowest BCUT2D eigenvalue weighted by Gasteiger charge is -2.03. The Morgan fingerprint density at radius 1 is 1.14 bits per heavy atom. The van der Waals surface area contributed by atoms with Crippen molar-refractivity contribution in [2.45, 2.75) is 17.7 Å². The second-order valence-corrected chi connectivity index (χ2v) is 8.52. The zero-order chi connectivity index (χ0) is 15.6. The van der Waals surface area contributed by atoms with Crippen LogP contribution in [0.3, 0.4) is 0 Å². The van der Waals surface area contributed by atoms with Crippen molar-refractivity contribution in [1.82, 2.24) is 9.71 Å². The number of aromatic nitrogens is 1. The Balaban J connectivity index is 1.74. The van der Waals surface area contributed by atoms with Crippen molar-refractivity contribution in [3.63, 3.8) is 0 Å². The van der Waals surface area contributed by atoms with Crippen molar-refractivity contribution in [2.75, 3.05) is 0 Å². The second kappa shape index (κ2) is 6.29. The smallest absolute Gasteiger partial charge is 0.240 e. The third kappa shape index (κ3) is 3.27. The van der Waals surface area contributed by atoms with Gasteiger partial charge < -0.3 is 0 Å². The Morgan fingerprint density at radius 2 is 1.95 bits per heavy atom. The van der Waals surface area contributed by atoms with E-state index >= 15 is 0 Å². The van der Waals surface area contributed by atoms with Gasteiger partial charge in [0.1, 0.15) is 9.22 Å². The van der Waals surface area contributed by atoms with Gasteiger partial charge in [-0.2, -0.15) is 0 Å². The fourth-order valence-electron chi connectivity index (χ4n) is 1.98. The standard InChI is InChI=1S/C15H14N2O2S3/c1-11-5-2-3-6-13(11)15-17-12(10-21-15)9-16-22(18,19)14-7-4-8-20-14/h2-8,10,16H,9H2,1H3. The van der Waals surface area contributed by atoms with E-state index in [4.69, 9.17) is 0 Å². The summed E-state index contributed by atoms with van der Waals surface area (Å²) in [6.45, 7) is 2.23.